The average molecular weight is 393 g/mol. The topological polar surface area (TPSA) is 61.4 Å². The first-order valence-corrected chi connectivity index (χ1v) is 8.15. The second-order valence-corrected chi connectivity index (χ2v) is 6.19. The molecule has 3 rings (SSSR count). The third kappa shape index (κ3) is 3.55. The lowest BCUT2D eigenvalue weighted by atomic mass is 9.93. The number of amides is 3. The zero-order valence-corrected chi connectivity index (χ0v) is 14.8. The molecule has 0 aromatic heterocycles. The number of hydrogen-bond donors (Lipinski definition) is 2. The molecule has 5 nitrogen and oxygen atoms in total. The zero-order chi connectivity index (χ0) is 20.6. The zero-order valence-electron chi connectivity index (χ0n) is 14.8. The SMILES string of the molecule is CC1=C(C(=O)Nc2ccc(F)c(F)c2)[C@@H](c2ccc(F)cc2F)NC(=O)N1C. The number of benzene rings is 2. The summed E-state index contributed by atoms with van der Waals surface area (Å²) in [6.45, 7) is 1.48. The molecule has 2 aromatic rings. The largest absolute Gasteiger partial charge is 0.326 e. The van der Waals surface area contributed by atoms with Gasteiger partial charge in [0.1, 0.15) is 11.6 Å². The number of nitrogens with one attached hydrogen (secondary N) is 2. The van der Waals surface area contributed by atoms with Gasteiger partial charge in [0.2, 0.25) is 0 Å². The fourth-order valence-corrected chi connectivity index (χ4v) is 2.87. The van der Waals surface area contributed by atoms with Crippen LogP contribution in [0.3, 0.4) is 0 Å². The number of urea groups is 1. The standard InChI is InChI=1S/C19H15F4N3O2/c1-9-16(18(27)24-11-4-6-13(21)15(23)8-11)17(25-19(28)26(9)2)12-5-3-10(20)7-14(12)22/h3-8,17H,1-2H3,(H,24,27)(H,25,28)/t17-/m1/s1. The molecule has 1 heterocycles. The number of carbonyl (C=O) groups excluding carboxylic acids is 2. The number of nitrogens with zero attached hydrogens (tertiary/aromatic N) is 1. The lowest BCUT2D eigenvalue weighted by molar-refractivity contribution is -0.113. The van der Waals surface area contributed by atoms with Gasteiger partial charge in [0.25, 0.3) is 5.91 Å². The molecule has 0 saturated carbocycles. The van der Waals surface area contributed by atoms with Crippen LogP contribution < -0.4 is 10.6 Å². The smallest absolute Gasteiger partial charge is 0.322 e. The van der Waals surface area contributed by atoms with E-state index in [1.807, 2.05) is 0 Å². The molecule has 0 spiro atoms. The maximum absolute atomic E-state index is 14.3. The van der Waals surface area contributed by atoms with Crippen LogP contribution in [0.2, 0.25) is 0 Å². The van der Waals surface area contributed by atoms with Crippen molar-refractivity contribution < 1.29 is 27.2 Å². The van der Waals surface area contributed by atoms with E-state index in [4.69, 9.17) is 0 Å². The van der Waals surface area contributed by atoms with E-state index in [0.29, 0.717) is 6.07 Å². The van der Waals surface area contributed by atoms with Crippen LogP contribution >= 0.6 is 0 Å². The second-order valence-electron chi connectivity index (χ2n) is 6.19. The minimum atomic E-state index is -1.20. The van der Waals surface area contributed by atoms with Crippen LogP contribution in [0.15, 0.2) is 47.7 Å². The molecule has 28 heavy (non-hydrogen) atoms. The third-order valence-electron chi connectivity index (χ3n) is 4.45. The van der Waals surface area contributed by atoms with Gasteiger partial charge in [-0.25, -0.2) is 22.4 Å². The van der Waals surface area contributed by atoms with Gasteiger partial charge in [-0.3, -0.25) is 4.79 Å². The second kappa shape index (κ2) is 7.34. The van der Waals surface area contributed by atoms with Crippen molar-refractivity contribution in [2.45, 2.75) is 13.0 Å². The predicted molar refractivity (Wildman–Crippen MR) is 93.1 cm³/mol. The maximum Gasteiger partial charge on any atom is 0.322 e. The van der Waals surface area contributed by atoms with Crippen molar-refractivity contribution in [3.05, 3.63) is 76.5 Å². The van der Waals surface area contributed by atoms with Gasteiger partial charge in [-0.2, -0.15) is 0 Å². The lowest BCUT2D eigenvalue weighted by Crippen LogP contribution is -2.47. The Balaban J connectivity index is 2.03. The van der Waals surface area contributed by atoms with Gasteiger partial charge in [-0.15, -0.1) is 0 Å². The number of allylic oxidation sites excluding steroid dienone is 1. The summed E-state index contributed by atoms with van der Waals surface area (Å²) in [6, 6.07) is 3.78. The van der Waals surface area contributed by atoms with Gasteiger partial charge < -0.3 is 15.5 Å². The molecule has 0 unspecified atom stereocenters. The summed E-state index contributed by atoms with van der Waals surface area (Å²) in [7, 11) is 1.41. The Labute approximate surface area is 157 Å². The summed E-state index contributed by atoms with van der Waals surface area (Å²) in [5.74, 6) is -4.75. The molecule has 0 radical (unpaired) electrons. The molecule has 0 aliphatic carbocycles. The molecule has 2 N–H and O–H groups in total. The Morgan fingerprint density at radius 1 is 1.04 bits per heavy atom. The summed E-state index contributed by atoms with van der Waals surface area (Å²) >= 11 is 0. The summed E-state index contributed by atoms with van der Waals surface area (Å²) in [6.07, 6.45) is 0. The van der Waals surface area contributed by atoms with Crippen LogP contribution in [0.5, 0.6) is 0 Å². The summed E-state index contributed by atoms with van der Waals surface area (Å²) < 4.78 is 54.0. The van der Waals surface area contributed by atoms with Crippen molar-refractivity contribution in [3.8, 4) is 0 Å². The first-order valence-electron chi connectivity index (χ1n) is 8.15. The van der Waals surface area contributed by atoms with E-state index in [2.05, 4.69) is 10.6 Å². The van der Waals surface area contributed by atoms with Crippen LogP contribution in [0.4, 0.5) is 28.0 Å². The van der Waals surface area contributed by atoms with Crippen molar-refractivity contribution in [2.75, 3.05) is 12.4 Å². The van der Waals surface area contributed by atoms with E-state index in [0.717, 1.165) is 35.2 Å². The van der Waals surface area contributed by atoms with Crippen molar-refractivity contribution in [1.29, 1.82) is 0 Å². The number of hydrogen-bond acceptors (Lipinski definition) is 2. The fourth-order valence-electron chi connectivity index (χ4n) is 2.87. The van der Waals surface area contributed by atoms with Gasteiger partial charge in [-0.1, -0.05) is 6.07 Å². The summed E-state index contributed by atoms with van der Waals surface area (Å²) in [4.78, 5) is 26.1. The highest BCUT2D eigenvalue weighted by Gasteiger charge is 2.35. The molecule has 0 bridgehead atoms. The van der Waals surface area contributed by atoms with Gasteiger partial charge in [-0.05, 0) is 25.1 Å². The Hall–Kier alpha value is -3.36. The molecule has 0 saturated heterocycles. The van der Waals surface area contributed by atoms with Crippen molar-refractivity contribution in [3.63, 3.8) is 0 Å². The van der Waals surface area contributed by atoms with E-state index in [-0.39, 0.29) is 22.5 Å². The van der Waals surface area contributed by atoms with Crippen LogP contribution in [0.1, 0.15) is 18.5 Å². The van der Waals surface area contributed by atoms with Gasteiger partial charge >= 0.3 is 6.03 Å². The Bertz CT molecular complexity index is 1010. The van der Waals surface area contributed by atoms with E-state index in [9.17, 15) is 27.2 Å². The fraction of sp³-hybridized carbons (Fsp3) is 0.158. The van der Waals surface area contributed by atoms with Crippen molar-refractivity contribution in [2.24, 2.45) is 0 Å². The normalized spacial score (nSPS) is 16.9. The van der Waals surface area contributed by atoms with E-state index >= 15 is 0 Å². The van der Waals surface area contributed by atoms with Gasteiger partial charge in [0.05, 0.1) is 11.6 Å². The first kappa shape index (κ1) is 19.4. The molecular weight excluding hydrogens is 378 g/mol. The van der Waals surface area contributed by atoms with Gasteiger partial charge in [0.15, 0.2) is 11.6 Å². The Kier molecular flexibility index (Phi) is 5.08. The molecule has 1 aliphatic heterocycles. The monoisotopic (exact) mass is 393 g/mol. The van der Waals surface area contributed by atoms with Crippen molar-refractivity contribution >= 4 is 17.6 Å². The molecule has 1 atom stereocenters. The number of rotatable bonds is 3. The highest BCUT2D eigenvalue weighted by molar-refractivity contribution is 6.06. The third-order valence-corrected chi connectivity index (χ3v) is 4.45. The van der Waals surface area contributed by atoms with Gasteiger partial charge in [0, 0.05) is 36.1 Å². The van der Waals surface area contributed by atoms with E-state index < -0.39 is 41.2 Å². The minimum Gasteiger partial charge on any atom is -0.326 e. The highest BCUT2D eigenvalue weighted by Crippen LogP contribution is 2.32. The molecule has 3 amide bonds. The quantitative estimate of drug-likeness (QED) is 0.779. The lowest BCUT2D eigenvalue weighted by Gasteiger charge is -2.33. The maximum atomic E-state index is 14.3. The Morgan fingerprint density at radius 3 is 2.39 bits per heavy atom. The molecule has 0 fully saturated rings. The van der Waals surface area contributed by atoms with Crippen LogP contribution in [-0.4, -0.2) is 23.9 Å². The average Bonchev–Trinajstić information content (AvgIpc) is 2.62. The Morgan fingerprint density at radius 2 is 1.75 bits per heavy atom. The highest BCUT2D eigenvalue weighted by atomic mass is 19.2. The van der Waals surface area contributed by atoms with Crippen molar-refractivity contribution in [1.82, 2.24) is 10.2 Å². The summed E-state index contributed by atoms with van der Waals surface area (Å²) in [5.41, 5.74) is 0.0506. The molecule has 2 aromatic carbocycles. The molecule has 1 aliphatic rings. The molecular formula is C19H15F4N3O2. The summed E-state index contributed by atoms with van der Waals surface area (Å²) in [5, 5.41) is 4.88. The van der Waals surface area contributed by atoms with Crippen LogP contribution in [-0.2, 0) is 4.79 Å². The first-order chi connectivity index (χ1) is 13.2. The number of anilines is 1. The van der Waals surface area contributed by atoms with E-state index in [1.165, 1.54) is 14.0 Å². The predicted octanol–water partition coefficient (Wildman–Crippen LogP) is 3.85. The number of carbonyl (C=O) groups is 2. The number of halogens is 4. The molecule has 146 valence electrons. The van der Waals surface area contributed by atoms with E-state index in [1.54, 1.807) is 0 Å². The molecule has 9 heteroatoms. The van der Waals surface area contributed by atoms with Crippen LogP contribution in [0.25, 0.3) is 0 Å². The van der Waals surface area contributed by atoms with Crippen LogP contribution in [0, 0.1) is 23.3 Å². The minimum absolute atomic E-state index is 0.0259.